The quantitative estimate of drug-likeness (QED) is 0.193. The van der Waals surface area contributed by atoms with Crippen molar-refractivity contribution in [1.29, 1.82) is 10.5 Å². The van der Waals surface area contributed by atoms with E-state index in [1.165, 1.54) is 40.8 Å². The summed E-state index contributed by atoms with van der Waals surface area (Å²) in [6.07, 6.45) is 0. The zero-order valence-electron chi connectivity index (χ0n) is 20.5. The van der Waals surface area contributed by atoms with E-state index in [2.05, 4.69) is 110 Å². The molecule has 0 aliphatic heterocycles. The number of hydrogen-bond donors (Lipinski definition) is 0. The van der Waals surface area contributed by atoms with Gasteiger partial charge in [-0.1, -0.05) is 85.8 Å². The molecule has 0 bridgehead atoms. The molecule has 0 fully saturated rings. The Hall–Kier alpha value is -2.66. The summed E-state index contributed by atoms with van der Waals surface area (Å²) in [6.45, 7) is 5.21. The van der Waals surface area contributed by atoms with E-state index in [0.717, 1.165) is 0 Å². The minimum absolute atomic E-state index is 0. The summed E-state index contributed by atoms with van der Waals surface area (Å²) in [5, 5.41) is 20.1. The fraction of sp³-hybridized carbons (Fsp3) is 0.143. The van der Waals surface area contributed by atoms with Gasteiger partial charge in [0.25, 0.3) is 0 Å². The molecule has 4 rings (SSSR count). The van der Waals surface area contributed by atoms with Crippen LogP contribution in [-0.4, -0.2) is 0 Å². The number of rotatable bonds is 4. The normalized spacial score (nSPS) is 10.4. The van der Waals surface area contributed by atoms with Gasteiger partial charge < -0.3 is 0 Å². The average molecular weight is 627 g/mol. The van der Waals surface area contributed by atoms with Gasteiger partial charge in [0, 0.05) is 13.8 Å². The number of halogens is 1. The van der Waals surface area contributed by atoms with Gasteiger partial charge in [0.2, 0.25) is 0 Å². The van der Waals surface area contributed by atoms with Crippen LogP contribution in [0.3, 0.4) is 0 Å². The van der Waals surface area contributed by atoms with Gasteiger partial charge in [0.15, 0.2) is 0 Å². The molecule has 0 aromatic heterocycles. The Kier molecular flexibility index (Phi) is 17.2. The molecule has 37 heavy (non-hydrogen) atoms. The number of hydrogen-bond acceptors (Lipinski definition) is 6. The van der Waals surface area contributed by atoms with Crippen LogP contribution in [0.1, 0.15) is 32.0 Å². The van der Waals surface area contributed by atoms with Gasteiger partial charge in [0.05, 0.1) is 12.1 Å². The summed E-state index contributed by atoms with van der Waals surface area (Å²) < 4.78 is 34.0. The Bertz CT molecular complexity index is 1200. The summed E-state index contributed by atoms with van der Waals surface area (Å²) in [4.78, 5) is 0. The molecular weight excluding hydrogens is 601 g/mol. The maximum Gasteiger partial charge on any atom is 2.00 e. The van der Waals surface area contributed by atoms with Crippen LogP contribution >= 0.6 is 7.92 Å². The summed E-state index contributed by atoms with van der Waals surface area (Å²) in [5.74, 6) is 0. The molecule has 0 aliphatic carbocycles. The minimum atomic E-state index is -4.94. The van der Waals surface area contributed by atoms with Crippen molar-refractivity contribution in [3.63, 3.8) is 0 Å². The molecule has 9 heteroatoms. The van der Waals surface area contributed by atoms with E-state index in [-0.39, 0.29) is 20.4 Å². The Morgan fingerprint density at radius 1 is 0.730 bits per heavy atom. The molecule has 0 heterocycles. The van der Waals surface area contributed by atoms with Crippen molar-refractivity contribution >= 4 is 29.3 Å². The standard InChI is InChI=1S/C24H20P.2C2H3N.ClHO4.Pd/c1-19(23-18-10-12-20-11-8-9-17-24(20)23)25(21-13-4-2-5-14-21)22-15-6-3-7-16-22;2*1-2-3;2-1(3,4)5;/h2-17,19H,1H3;2*1H3;(H,2,3,4,5);/q-1;;;;+2/p-1/t19-;;;;/m1..../s1. The minimum Gasteiger partial charge on any atom is -0.222 e. The van der Waals surface area contributed by atoms with E-state index < -0.39 is 18.2 Å². The summed E-state index contributed by atoms with van der Waals surface area (Å²) in [7, 11) is -5.44. The van der Waals surface area contributed by atoms with Crippen molar-refractivity contribution in [2.75, 3.05) is 0 Å². The Morgan fingerprint density at radius 2 is 1.11 bits per heavy atom. The number of nitrogens with zero attached hydrogens (tertiary/aromatic N) is 2. The molecule has 4 aromatic carbocycles. The smallest absolute Gasteiger partial charge is 0.222 e. The Morgan fingerprint density at radius 3 is 1.54 bits per heavy atom. The molecule has 4 aromatic rings. The van der Waals surface area contributed by atoms with Crippen LogP contribution in [0.5, 0.6) is 0 Å². The average Bonchev–Trinajstić information content (AvgIpc) is 2.85. The van der Waals surface area contributed by atoms with Gasteiger partial charge in [-0.15, -0.1) is 32.6 Å². The third-order valence-electron chi connectivity index (χ3n) is 4.63. The monoisotopic (exact) mass is 626 g/mol. The number of benzene rings is 4. The van der Waals surface area contributed by atoms with Gasteiger partial charge >= 0.3 is 20.4 Å². The van der Waals surface area contributed by atoms with Crippen LogP contribution < -0.4 is 29.2 Å². The maximum atomic E-state index is 8.49. The zero-order chi connectivity index (χ0) is 27.0. The predicted molar refractivity (Wildman–Crippen MR) is 133 cm³/mol. The number of nitriles is 2. The van der Waals surface area contributed by atoms with Gasteiger partial charge in [-0.05, 0) is 24.2 Å². The first-order valence-electron chi connectivity index (χ1n) is 10.7. The van der Waals surface area contributed by atoms with E-state index >= 15 is 0 Å². The first-order valence-corrected chi connectivity index (χ1v) is 13.3. The molecule has 0 saturated heterocycles. The van der Waals surface area contributed by atoms with Crippen molar-refractivity contribution in [2.24, 2.45) is 0 Å². The van der Waals surface area contributed by atoms with Crippen LogP contribution in [-0.2, 0) is 20.4 Å². The SMILES string of the molecule is CC#N.CC#N.C[C@H](c1[c-]ccc2ccccc12)P(c1ccccc1)c1ccccc1.[O-][Cl+3]([O-])([O-])[O-].[Pd+2]. The fourth-order valence-electron chi connectivity index (χ4n) is 3.43. The molecule has 1 atom stereocenters. The zero-order valence-corrected chi connectivity index (χ0v) is 23.7. The largest absolute Gasteiger partial charge is 2.00 e. The molecule has 0 amide bonds. The second-order valence-electron chi connectivity index (χ2n) is 7.02. The van der Waals surface area contributed by atoms with Crippen molar-refractivity contribution < 1.29 is 49.3 Å². The van der Waals surface area contributed by atoms with Gasteiger partial charge in [-0.2, -0.15) is 28.7 Å². The van der Waals surface area contributed by atoms with Gasteiger partial charge in [-0.3, -0.25) is 0 Å². The summed E-state index contributed by atoms with van der Waals surface area (Å²) in [6, 6.07) is 41.7. The molecular formula is C28H26ClN2O4PPd. The van der Waals surface area contributed by atoms with Gasteiger partial charge in [0.1, 0.15) is 0 Å². The molecule has 194 valence electrons. The Balaban J connectivity index is 0.000000927. The first-order chi connectivity index (χ1) is 17.2. The van der Waals surface area contributed by atoms with Crippen LogP contribution in [0.15, 0.2) is 97.1 Å². The third kappa shape index (κ3) is 12.9. The third-order valence-corrected chi connectivity index (χ3v) is 7.37. The van der Waals surface area contributed by atoms with Crippen molar-refractivity contribution in [2.45, 2.75) is 26.4 Å². The Labute approximate surface area is 235 Å². The van der Waals surface area contributed by atoms with Crippen molar-refractivity contribution in [3.05, 3.63) is 109 Å². The topological polar surface area (TPSA) is 140 Å². The fourth-order valence-corrected chi connectivity index (χ4v) is 6.09. The maximum absolute atomic E-state index is 8.49. The number of fused-ring (bicyclic) bond motifs is 1. The molecule has 6 nitrogen and oxygen atoms in total. The molecule has 0 saturated carbocycles. The molecule has 0 aliphatic rings. The van der Waals surface area contributed by atoms with Crippen LogP contribution in [0.4, 0.5) is 0 Å². The first kappa shape index (κ1) is 34.3. The van der Waals surface area contributed by atoms with Crippen LogP contribution in [0.2, 0.25) is 0 Å². The summed E-state index contributed by atoms with van der Waals surface area (Å²) in [5.41, 5.74) is 1.71. The van der Waals surface area contributed by atoms with Crippen molar-refractivity contribution in [1.82, 2.24) is 0 Å². The van der Waals surface area contributed by atoms with Crippen molar-refractivity contribution in [3.8, 4) is 12.1 Å². The van der Waals surface area contributed by atoms with E-state index in [1.807, 2.05) is 0 Å². The molecule has 0 unspecified atom stereocenters. The van der Waals surface area contributed by atoms with E-state index in [0.29, 0.717) is 5.66 Å². The summed E-state index contributed by atoms with van der Waals surface area (Å²) >= 11 is 0. The van der Waals surface area contributed by atoms with Crippen LogP contribution in [0, 0.1) is 39.0 Å². The van der Waals surface area contributed by atoms with E-state index in [9.17, 15) is 0 Å². The van der Waals surface area contributed by atoms with Gasteiger partial charge in [-0.25, -0.2) is 18.6 Å². The second kappa shape index (κ2) is 18.6. The predicted octanol–water partition coefficient (Wildman–Crippen LogP) is 2.14. The molecule has 0 radical (unpaired) electrons. The van der Waals surface area contributed by atoms with E-state index in [4.69, 9.17) is 29.2 Å². The second-order valence-corrected chi connectivity index (χ2v) is 10.3. The molecule has 0 N–H and O–H groups in total. The van der Waals surface area contributed by atoms with Crippen LogP contribution in [0.25, 0.3) is 10.8 Å². The molecule has 0 spiro atoms. The van der Waals surface area contributed by atoms with E-state index in [1.54, 1.807) is 12.1 Å².